The molecule has 0 aliphatic carbocycles. The molecule has 2 aromatic heterocycles. The molecule has 2 heterocycles. The normalized spacial score (nSPS) is 10.5. The van der Waals surface area contributed by atoms with E-state index in [0.717, 1.165) is 11.3 Å². The van der Waals surface area contributed by atoms with Crippen LogP contribution in [0.5, 0.6) is 0 Å². The van der Waals surface area contributed by atoms with Gasteiger partial charge in [-0.25, -0.2) is 4.68 Å². The van der Waals surface area contributed by atoms with Crippen molar-refractivity contribution in [1.29, 1.82) is 0 Å². The predicted molar refractivity (Wildman–Crippen MR) is 86.4 cm³/mol. The van der Waals surface area contributed by atoms with Crippen LogP contribution in [0.25, 0.3) is 5.69 Å². The first-order chi connectivity index (χ1) is 11.2. The average Bonchev–Trinajstić information content (AvgIpc) is 3.02. The molecule has 0 aliphatic rings. The Morgan fingerprint density at radius 2 is 2.00 bits per heavy atom. The van der Waals surface area contributed by atoms with Crippen molar-refractivity contribution in [3.8, 4) is 5.69 Å². The first-order valence-corrected chi connectivity index (χ1v) is 7.14. The lowest BCUT2D eigenvalue weighted by molar-refractivity contribution is 0.102. The van der Waals surface area contributed by atoms with Gasteiger partial charge in [0, 0.05) is 23.5 Å². The second kappa shape index (κ2) is 6.41. The van der Waals surface area contributed by atoms with Gasteiger partial charge in [-0.2, -0.15) is 5.10 Å². The van der Waals surface area contributed by atoms with Crippen LogP contribution in [0.15, 0.2) is 55.1 Å². The number of nitrogens with zero attached hydrogens (tertiary/aromatic N) is 3. The molecule has 23 heavy (non-hydrogen) atoms. The first-order valence-electron chi connectivity index (χ1n) is 7.14. The van der Waals surface area contributed by atoms with Gasteiger partial charge < -0.3 is 10.4 Å². The van der Waals surface area contributed by atoms with E-state index >= 15 is 0 Å². The molecule has 0 fully saturated rings. The van der Waals surface area contributed by atoms with Gasteiger partial charge in [-0.05, 0) is 42.8 Å². The fraction of sp³-hybridized carbons (Fsp3) is 0.118. The lowest BCUT2D eigenvalue weighted by atomic mass is 10.1. The van der Waals surface area contributed by atoms with Crippen molar-refractivity contribution >= 4 is 11.6 Å². The molecule has 1 aromatic carbocycles. The Hall–Kier alpha value is -2.99. The lowest BCUT2D eigenvalue weighted by Crippen LogP contribution is -2.13. The number of carbonyl (C=O) groups is 1. The molecule has 3 aromatic rings. The molecule has 0 radical (unpaired) electrons. The number of amides is 1. The maximum Gasteiger partial charge on any atom is 0.255 e. The fourth-order valence-corrected chi connectivity index (χ4v) is 2.19. The number of hydrogen-bond donors (Lipinski definition) is 2. The second-order valence-corrected chi connectivity index (χ2v) is 5.15. The quantitative estimate of drug-likeness (QED) is 0.775. The summed E-state index contributed by atoms with van der Waals surface area (Å²) < 4.78 is 1.75. The molecule has 2 N–H and O–H groups in total. The third-order valence-electron chi connectivity index (χ3n) is 3.44. The SMILES string of the molecule is Cc1cnn(-c2ccc(C(=O)Nc3cnccc3CO)cc2)c1. The van der Waals surface area contributed by atoms with Gasteiger partial charge in [0.05, 0.1) is 30.4 Å². The summed E-state index contributed by atoms with van der Waals surface area (Å²) in [5.41, 5.74) is 3.60. The highest BCUT2D eigenvalue weighted by Gasteiger charge is 2.09. The number of aliphatic hydroxyl groups excluding tert-OH is 1. The maximum atomic E-state index is 12.3. The van der Waals surface area contributed by atoms with E-state index in [9.17, 15) is 9.90 Å². The Morgan fingerprint density at radius 1 is 1.22 bits per heavy atom. The average molecular weight is 308 g/mol. The number of aryl methyl sites for hydroxylation is 1. The van der Waals surface area contributed by atoms with Gasteiger partial charge in [-0.1, -0.05) is 0 Å². The number of benzene rings is 1. The van der Waals surface area contributed by atoms with Gasteiger partial charge in [0.2, 0.25) is 0 Å². The van der Waals surface area contributed by atoms with E-state index in [2.05, 4.69) is 15.4 Å². The van der Waals surface area contributed by atoms with Gasteiger partial charge in [0.15, 0.2) is 0 Å². The number of rotatable bonds is 4. The van der Waals surface area contributed by atoms with E-state index in [1.165, 1.54) is 6.20 Å². The monoisotopic (exact) mass is 308 g/mol. The molecule has 6 nitrogen and oxygen atoms in total. The maximum absolute atomic E-state index is 12.3. The number of carbonyl (C=O) groups excluding carboxylic acids is 1. The Balaban J connectivity index is 1.78. The summed E-state index contributed by atoms with van der Waals surface area (Å²) in [6.07, 6.45) is 6.78. The Labute approximate surface area is 133 Å². The summed E-state index contributed by atoms with van der Waals surface area (Å²) in [6, 6.07) is 8.79. The van der Waals surface area contributed by atoms with Crippen LogP contribution in [0.2, 0.25) is 0 Å². The van der Waals surface area contributed by atoms with E-state index < -0.39 is 0 Å². The van der Waals surface area contributed by atoms with E-state index in [1.54, 1.807) is 35.3 Å². The molecule has 1 amide bonds. The van der Waals surface area contributed by atoms with Gasteiger partial charge in [0.25, 0.3) is 5.91 Å². The van der Waals surface area contributed by atoms with Crippen LogP contribution in [0.1, 0.15) is 21.5 Å². The van der Waals surface area contributed by atoms with Crippen molar-refractivity contribution in [3.63, 3.8) is 0 Å². The summed E-state index contributed by atoms with van der Waals surface area (Å²) in [5.74, 6) is -0.254. The molecule has 0 saturated carbocycles. The van der Waals surface area contributed by atoms with Gasteiger partial charge >= 0.3 is 0 Å². The van der Waals surface area contributed by atoms with Crippen LogP contribution < -0.4 is 5.32 Å². The molecular weight excluding hydrogens is 292 g/mol. The molecule has 0 saturated heterocycles. The minimum absolute atomic E-state index is 0.157. The van der Waals surface area contributed by atoms with Crippen LogP contribution in [0.4, 0.5) is 5.69 Å². The third kappa shape index (κ3) is 3.27. The van der Waals surface area contributed by atoms with Crippen molar-refractivity contribution in [2.45, 2.75) is 13.5 Å². The van der Waals surface area contributed by atoms with Crippen molar-refractivity contribution in [2.75, 3.05) is 5.32 Å². The van der Waals surface area contributed by atoms with Crippen molar-refractivity contribution in [3.05, 3.63) is 71.8 Å². The molecule has 0 atom stereocenters. The highest BCUT2D eigenvalue weighted by Crippen LogP contribution is 2.16. The second-order valence-electron chi connectivity index (χ2n) is 5.15. The van der Waals surface area contributed by atoms with Crippen LogP contribution in [0.3, 0.4) is 0 Å². The summed E-state index contributed by atoms with van der Waals surface area (Å²) in [4.78, 5) is 16.2. The summed E-state index contributed by atoms with van der Waals surface area (Å²) >= 11 is 0. The molecule has 6 heteroatoms. The lowest BCUT2D eigenvalue weighted by Gasteiger charge is -2.09. The van der Waals surface area contributed by atoms with E-state index in [-0.39, 0.29) is 12.5 Å². The van der Waals surface area contributed by atoms with E-state index in [1.807, 2.05) is 25.3 Å². The zero-order valence-electron chi connectivity index (χ0n) is 12.6. The smallest absolute Gasteiger partial charge is 0.255 e. The zero-order valence-corrected chi connectivity index (χ0v) is 12.6. The number of nitrogens with one attached hydrogen (secondary N) is 1. The largest absolute Gasteiger partial charge is 0.392 e. The Bertz CT molecular complexity index is 825. The zero-order chi connectivity index (χ0) is 16.2. The minimum Gasteiger partial charge on any atom is -0.392 e. The molecule has 0 aliphatic heterocycles. The molecule has 0 spiro atoms. The highest BCUT2D eigenvalue weighted by molar-refractivity contribution is 6.04. The predicted octanol–water partition coefficient (Wildman–Crippen LogP) is 2.32. The standard InChI is InChI=1S/C17H16N4O2/c1-12-8-19-21(10-12)15-4-2-13(3-5-15)17(23)20-16-9-18-7-6-14(16)11-22/h2-10,22H,11H2,1H3,(H,20,23). The molecule has 116 valence electrons. The van der Waals surface area contributed by atoms with Crippen LogP contribution in [-0.4, -0.2) is 25.8 Å². The highest BCUT2D eigenvalue weighted by atomic mass is 16.3. The Morgan fingerprint density at radius 3 is 2.65 bits per heavy atom. The van der Waals surface area contributed by atoms with Crippen molar-refractivity contribution in [1.82, 2.24) is 14.8 Å². The third-order valence-corrected chi connectivity index (χ3v) is 3.44. The van der Waals surface area contributed by atoms with E-state index in [4.69, 9.17) is 0 Å². The minimum atomic E-state index is -0.254. The van der Waals surface area contributed by atoms with Gasteiger partial charge in [0.1, 0.15) is 0 Å². The fourth-order valence-electron chi connectivity index (χ4n) is 2.19. The first kappa shape index (κ1) is 14.9. The van der Waals surface area contributed by atoms with Crippen LogP contribution in [-0.2, 0) is 6.61 Å². The number of anilines is 1. The molecule has 3 rings (SSSR count). The van der Waals surface area contributed by atoms with Crippen molar-refractivity contribution in [2.24, 2.45) is 0 Å². The summed E-state index contributed by atoms with van der Waals surface area (Å²) in [5, 5.41) is 16.3. The Kier molecular flexibility index (Phi) is 4.16. The van der Waals surface area contributed by atoms with Crippen molar-refractivity contribution < 1.29 is 9.90 Å². The number of aromatic nitrogens is 3. The number of hydrogen-bond acceptors (Lipinski definition) is 4. The van der Waals surface area contributed by atoms with Crippen LogP contribution >= 0.6 is 0 Å². The molecule has 0 unspecified atom stereocenters. The molecular formula is C17H16N4O2. The summed E-state index contributed by atoms with van der Waals surface area (Å²) in [7, 11) is 0. The van der Waals surface area contributed by atoms with Crippen LogP contribution in [0, 0.1) is 6.92 Å². The number of pyridine rings is 1. The topological polar surface area (TPSA) is 80.0 Å². The number of aliphatic hydroxyl groups is 1. The van der Waals surface area contributed by atoms with Gasteiger partial charge in [-0.3, -0.25) is 9.78 Å². The van der Waals surface area contributed by atoms with E-state index in [0.29, 0.717) is 16.8 Å². The molecule has 0 bridgehead atoms. The van der Waals surface area contributed by atoms with Gasteiger partial charge in [-0.15, -0.1) is 0 Å². The summed E-state index contributed by atoms with van der Waals surface area (Å²) in [6.45, 7) is 1.81.